The molecule has 0 amide bonds. The molecule has 0 spiro atoms. The van der Waals surface area contributed by atoms with Crippen molar-refractivity contribution in [3.05, 3.63) is 0 Å². The molecule has 25 heavy (non-hydrogen) atoms. The van der Waals surface area contributed by atoms with E-state index in [1.807, 2.05) is 6.92 Å². The molecular weight excluding hydrogens is 351 g/mol. The van der Waals surface area contributed by atoms with Gasteiger partial charge in [-0.3, -0.25) is 4.55 Å². The molecule has 0 rings (SSSR count). The molecule has 0 aromatic carbocycles. The molecule has 0 saturated heterocycles. The van der Waals surface area contributed by atoms with E-state index < -0.39 is 17.4 Å². The molecule has 5 heteroatoms. The van der Waals surface area contributed by atoms with E-state index >= 15 is 0 Å². The molecule has 154 valence electrons. The van der Waals surface area contributed by atoms with Gasteiger partial charge in [0.05, 0.1) is 30.4 Å². The molecule has 0 atom stereocenters. The smallest absolute Gasteiger partial charge is 0.264 e. The summed E-state index contributed by atoms with van der Waals surface area (Å²) < 4.78 is 28.0. The first kappa shape index (κ1) is 27.6. The average molecular weight is 398 g/mol. The highest BCUT2D eigenvalue weighted by molar-refractivity contribution is 7.85. The number of unbranched alkanes of at least 4 members (excludes halogenated alkanes) is 5. The van der Waals surface area contributed by atoms with Crippen molar-refractivity contribution < 1.29 is 13.0 Å². The molecule has 0 aromatic rings. The number of hydrogen-bond donors (Lipinski definition) is 1. The summed E-state index contributed by atoms with van der Waals surface area (Å²) in [6.45, 7) is 11.3. The van der Waals surface area contributed by atoms with Crippen molar-refractivity contribution in [2.45, 2.75) is 98.8 Å². The molecule has 0 aliphatic carbocycles. The monoisotopic (exact) mass is 397 g/mol. The van der Waals surface area contributed by atoms with Crippen molar-refractivity contribution in [1.82, 2.24) is 0 Å². The Labute approximate surface area is 159 Å². The highest BCUT2D eigenvalue weighted by Crippen LogP contribution is 2.61. The SMILES string of the molecule is CCCCS(=O)(=O)O.CCCC[P+](CCCC)(CCCC)CCCC. The maximum Gasteiger partial charge on any atom is 0.264 e. The van der Waals surface area contributed by atoms with Crippen LogP contribution in [0.1, 0.15) is 98.8 Å². The average Bonchev–Trinajstić information content (AvgIpc) is 2.58. The van der Waals surface area contributed by atoms with E-state index in [9.17, 15) is 8.42 Å². The minimum Gasteiger partial charge on any atom is -0.286 e. The fourth-order valence-electron chi connectivity index (χ4n) is 2.97. The van der Waals surface area contributed by atoms with Crippen LogP contribution in [0.2, 0.25) is 0 Å². The standard InChI is InChI=1S/C16H36P.C4H10O3S/c1-5-9-13-17(14-10-6-2,15-11-7-3)16-12-8-4;1-2-3-4-8(5,6)7/h5-16H2,1-4H3;2-4H2,1H3,(H,5,6,7)/q+1;. The van der Waals surface area contributed by atoms with Crippen molar-refractivity contribution >= 4 is 17.4 Å². The fourth-order valence-corrected chi connectivity index (χ4v) is 8.91. The first-order valence-electron chi connectivity index (χ1n) is 10.6. The van der Waals surface area contributed by atoms with Crippen LogP contribution in [0.25, 0.3) is 0 Å². The van der Waals surface area contributed by atoms with Gasteiger partial charge in [0.15, 0.2) is 0 Å². The minimum atomic E-state index is -3.69. The lowest BCUT2D eigenvalue weighted by molar-refractivity contribution is 0.480. The predicted molar refractivity (Wildman–Crippen MR) is 117 cm³/mol. The summed E-state index contributed by atoms with van der Waals surface area (Å²) in [6.07, 6.45) is 19.3. The Balaban J connectivity index is 0. The summed E-state index contributed by atoms with van der Waals surface area (Å²) in [6, 6.07) is 0. The van der Waals surface area contributed by atoms with Crippen LogP contribution >= 0.6 is 7.26 Å². The van der Waals surface area contributed by atoms with E-state index in [1.54, 1.807) is 24.6 Å². The molecule has 0 unspecified atom stereocenters. The summed E-state index contributed by atoms with van der Waals surface area (Å²) >= 11 is 0. The topological polar surface area (TPSA) is 54.4 Å². The summed E-state index contributed by atoms with van der Waals surface area (Å²) in [5, 5.41) is 0. The second kappa shape index (κ2) is 17.7. The second-order valence-corrected chi connectivity index (χ2v) is 13.3. The zero-order valence-electron chi connectivity index (χ0n) is 17.7. The van der Waals surface area contributed by atoms with Crippen LogP contribution in [0.4, 0.5) is 0 Å². The number of hydrogen-bond acceptors (Lipinski definition) is 2. The van der Waals surface area contributed by atoms with E-state index in [0.29, 0.717) is 6.42 Å². The van der Waals surface area contributed by atoms with Gasteiger partial charge >= 0.3 is 0 Å². The third-order valence-electron chi connectivity index (χ3n) is 4.70. The lowest BCUT2D eigenvalue weighted by atomic mass is 10.4. The molecule has 3 nitrogen and oxygen atoms in total. The van der Waals surface area contributed by atoms with Crippen molar-refractivity contribution in [1.29, 1.82) is 0 Å². The Kier molecular flexibility index (Phi) is 19.6. The van der Waals surface area contributed by atoms with Crippen LogP contribution < -0.4 is 0 Å². The first-order valence-corrected chi connectivity index (χ1v) is 14.7. The molecule has 0 saturated carbocycles. The Bertz CT molecular complexity index is 332. The van der Waals surface area contributed by atoms with E-state index in [2.05, 4.69) is 27.7 Å². The van der Waals surface area contributed by atoms with E-state index in [1.165, 1.54) is 51.4 Å². The van der Waals surface area contributed by atoms with Gasteiger partial charge in [-0.2, -0.15) is 8.42 Å². The molecule has 0 aliphatic rings. The Morgan fingerprint density at radius 2 is 0.880 bits per heavy atom. The van der Waals surface area contributed by atoms with E-state index in [0.717, 1.165) is 6.42 Å². The molecule has 0 radical (unpaired) electrons. The van der Waals surface area contributed by atoms with Gasteiger partial charge in [-0.1, -0.05) is 66.7 Å². The summed E-state index contributed by atoms with van der Waals surface area (Å²) in [5.74, 6) is -0.108. The molecule has 0 aliphatic heterocycles. The minimum absolute atomic E-state index is 0.108. The van der Waals surface area contributed by atoms with Crippen LogP contribution in [0.3, 0.4) is 0 Å². The highest BCUT2D eigenvalue weighted by Gasteiger charge is 2.34. The molecule has 0 bridgehead atoms. The Hall–Kier alpha value is 0.340. The molecular formula is C20H46O3PS+. The van der Waals surface area contributed by atoms with Crippen LogP contribution in [0.15, 0.2) is 0 Å². The van der Waals surface area contributed by atoms with Gasteiger partial charge in [0, 0.05) is 7.26 Å². The Morgan fingerprint density at radius 3 is 1.04 bits per heavy atom. The van der Waals surface area contributed by atoms with Crippen LogP contribution in [-0.2, 0) is 10.1 Å². The maximum atomic E-state index is 9.95. The maximum absolute atomic E-state index is 9.95. The van der Waals surface area contributed by atoms with Gasteiger partial charge < -0.3 is 0 Å². The van der Waals surface area contributed by atoms with E-state index in [-0.39, 0.29) is 5.75 Å². The third-order valence-corrected chi connectivity index (χ3v) is 10.6. The van der Waals surface area contributed by atoms with Gasteiger partial charge in [0.1, 0.15) is 0 Å². The van der Waals surface area contributed by atoms with Crippen molar-refractivity contribution in [3.8, 4) is 0 Å². The largest absolute Gasteiger partial charge is 0.286 e. The quantitative estimate of drug-likeness (QED) is 0.242. The van der Waals surface area contributed by atoms with Crippen molar-refractivity contribution in [2.24, 2.45) is 0 Å². The van der Waals surface area contributed by atoms with Crippen molar-refractivity contribution in [3.63, 3.8) is 0 Å². The fraction of sp³-hybridized carbons (Fsp3) is 1.00. The lowest BCUT2D eigenvalue weighted by Gasteiger charge is -2.28. The molecule has 0 fully saturated rings. The van der Waals surface area contributed by atoms with Crippen molar-refractivity contribution in [2.75, 3.05) is 30.4 Å². The zero-order chi connectivity index (χ0) is 19.6. The predicted octanol–water partition coefficient (Wildman–Crippen LogP) is 6.88. The summed E-state index contributed by atoms with van der Waals surface area (Å²) in [7, 11) is -4.25. The summed E-state index contributed by atoms with van der Waals surface area (Å²) in [5.41, 5.74) is 0. The first-order chi connectivity index (χ1) is 11.8. The highest BCUT2D eigenvalue weighted by atomic mass is 32.2. The van der Waals surface area contributed by atoms with Gasteiger partial charge in [0.25, 0.3) is 10.1 Å². The molecule has 0 heterocycles. The second-order valence-electron chi connectivity index (χ2n) is 7.29. The third kappa shape index (κ3) is 18.9. The van der Waals surface area contributed by atoms with Gasteiger partial charge in [-0.25, -0.2) is 0 Å². The van der Waals surface area contributed by atoms with Crippen LogP contribution in [-0.4, -0.2) is 43.4 Å². The van der Waals surface area contributed by atoms with Crippen LogP contribution in [0, 0.1) is 0 Å². The Morgan fingerprint density at radius 1 is 0.600 bits per heavy atom. The normalized spacial score (nSPS) is 11.9. The zero-order valence-corrected chi connectivity index (χ0v) is 19.4. The van der Waals surface area contributed by atoms with Gasteiger partial charge in [-0.15, -0.1) is 0 Å². The van der Waals surface area contributed by atoms with Gasteiger partial charge in [0.2, 0.25) is 0 Å². The summed E-state index contributed by atoms with van der Waals surface area (Å²) in [4.78, 5) is 0. The molecule has 1 N–H and O–H groups in total. The molecule has 0 aromatic heterocycles. The van der Waals surface area contributed by atoms with E-state index in [4.69, 9.17) is 4.55 Å². The van der Waals surface area contributed by atoms with Gasteiger partial charge in [-0.05, 0) is 32.1 Å². The number of rotatable bonds is 15. The van der Waals surface area contributed by atoms with Crippen LogP contribution in [0.5, 0.6) is 0 Å². The lowest BCUT2D eigenvalue weighted by Crippen LogP contribution is -2.12.